The second-order valence-electron chi connectivity index (χ2n) is 7.64. The zero-order chi connectivity index (χ0) is 22.1. The zero-order valence-electron chi connectivity index (χ0n) is 17.0. The largest absolute Gasteiger partial charge is 0.454 e. The number of hydrogen-bond acceptors (Lipinski definition) is 6. The van der Waals surface area contributed by atoms with Crippen LogP contribution in [0.2, 0.25) is 0 Å². The molecule has 2 aromatic carbocycles. The van der Waals surface area contributed by atoms with Crippen LogP contribution in [0.15, 0.2) is 42.5 Å². The van der Waals surface area contributed by atoms with Gasteiger partial charge in [0.15, 0.2) is 16.6 Å². The average molecular weight is 453 g/mol. The highest BCUT2D eigenvalue weighted by atomic mass is 32.1. The lowest BCUT2D eigenvalue weighted by molar-refractivity contribution is -0.123. The van der Waals surface area contributed by atoms with Gasteiger partial charge in [-0.3, -0.25) is 14.9 Å². The van der Waals surface area contributed by atoms with E-state index in [-0.39, 0.29) is 30.3 Å². The number of thiazole rings is 1. The fourth-order valence-corrected chi connectivity index (χ4v) is 4.91. The number of fused-ring (bicyclic) bond motifs is 2. The van der Waals surface area contributed by atoms with Crippen LogP contribution in [-0.2, 0) is 17.8 Å². The predicted molar refractivity (Wildman–Crippen MR) is 117 cm³/mol. The summed E-state index contributed by atoms with van der Waals surface area (Å²) in [7, 11) is 0. The van der Waals surface area contributed by atoms with Crippen LogP contribution in [0.5, 0.6) is 11.5 Å². The van der Waals surface area contributed by atoms with Gasteiger partial charge in [-0.2, -0.15) is 0 Å². The first-order valence-electron chi connectivity index (χ1n) is 10.3. The number of nitrogens with one attached hydrogen (secondary N) is 2. The number of rotatable bonds is 5. The molecule has 0 bridgehead atoms. The summed E-state index contributed by atoms with van der Waals surface area (Å²) in [5.74, 6) is 0.0529. The van der Waals surface area contributed by atoms with Crippen LogP contribution >= 0.6 is 11.3 Å². The number of anilines is 1. The molecule has 0 radical (unpaired) electrons. The molecule has 7 nitrogen and oxygen atoms in total. The first kappa shape index (κ1) is 20.4. The third-order valence-electron chi connectivity index (χ3n) is 5.51. The summed E-state index contributed by atoms with van der Waals surface area (Å²) in [6, 6.07) is 11.0. The van der Waals surface area contributed by atoms with Crippen molar-refractivity contribution in [2.24, 2.45) is 0 Å². The molecule has 5 rings (SSSR count). The standard InChI is InChI=1S/C23H20FN3O4S/c24-15-7-4-13(5-8-15)11-25-22(29)16-2-1-3-19-20(16)26-23(32-19)27-21(28)14-6-9-17-18(10-14)31-12-30-17/h4-10,16H,1-3,11-12H2,(H,25,29)(H,26,27,28)/t16-/m0/s1. The number of ether oxygens (including phenoxy) is 2. The summed E-state index contributed by atoms with van der Waals surface area (Å²) in [4.78, 5) is 31.1. The molecule has 9 heteroatoms. The summed E-state index contributed by atoms with van der Waals surface area (Å²) < 4.78 is 23.7. The molecule has 164 valence electrons. The number of carbonyl (C=O) groups is 2. The Hall–Kier alpha value is -3.46. The van der Waals surface area contributed by atoms with Crippen LogP contribution in [0.1, 0.15) is 45.3 Å². The molecule has 32 heavy (non-hydrogen) atoms. The Morgan fingerprint density at radius 2 is 1.94 bits per heavy atom. The molecule has 0 saturated heterocycles. The molecule has 0 unspecified atom stereocenters. The molecule has 1 aromatic heterocycles. The molecule has 2 heterocycles. The Balaban J connectivity index is 1.27. The lowest BCUT2D eigenvalue weighted by atomic mass is 9.90. The quantitative estimate of drug-likeness (QED) is 0.610. The number of benzene rings is 2. The Morgan fingerprint density at radius 1 is 1.12 bits per heavy atom. The third-order valence-corrected chi connectivity index (χ3v) is 6.55. The summed E-state index contributed by atoms with van der Waals surface area (Å²) in [6.45, 7) is 0.465. The fraction of sp³-hybridized carbons (Fsp3) is 0.261. The molecule has 2 N–H and O–H groups in total. The number of halogens is 1. The van der Waals surface area contributed by atoms with Gasteiger partial charge in [0.1, 0.15) is 5.82 Å². The van der Waals surface area contributed by atoms with Gasteiger partial charge >= 0.3 is 0 Å². The monoisotopic (exact) mass is 453 g/mol. The lowest BCUT2D eigenvalue weighted by Gasteiger charge is -2.20. The van der Waals surface area contributed by atoms with E-state index in [1.807, 2.05) is 0 Å². The second-order valence-corrected chi connectivity index (χ2v) is 8.72. The summed E-state index contributed by atoms with van der Waals surface area (Å²) >= 11 is 1.40. The minimum absolute atomic E-state index is 0.116. The number of nitrogens with zero attached hydrogens (tertiary/aromatic N) is 1. The Kier molecular flexibility index (Phi) is 5.48. The lowest BCUT2D eigenvalue weighted by Crippen LogP contribution is -2.31. The van der Waals surface area contributed by atoms with Crippen molar-refractivity contribution in [2.45, 2.75) is 31.7 Å². The minimum atomic E-state index is -0.369. The maximum Gasteiger partial charge on any atom is 0.257 e. The number of amides is 2. The van der Waals surface area contributed by atoms with Crippen LogP contribution in [0.3, 0.4) is 0 Å². The number of aryl methyl sites for hydroxylation is 1. The van der Waals surface area contributed by atoms with Gasteiger partial charge in [-0.25, -0.2) is 9.37 Å². The summed E-state index contributed by atoms with van der Waals surface area (Å²) in [6.07, 6.45) is 2.40. The van der Waals surface area contributed by atoms with E-state index in [9.17, 15) is 14.0 Å². The van der Waals surface area contributed by atoms with E-state index in [2.05, 4.69) is 15.6 Å². The number of aromatic nitrogens is 1. The van der Waals surface area contributed by atoms with E-state index < -0.39 is 0 Å². The van der Waals surface area contributed by atoms with Crippen molar-refractivity contribution in [3.8, 4) is 11.5 Å². The number of hydrogen-bond donors (Lipinski definition) is 2. The van der Waals surface area contributed by atoms with E-state index in [0.717, 1.165) is 29.0 Å². The van der Waals surface area contributed by atoms with Crippen molar-refractivity contribution in [1.82, 2.24) is 10.3 Å². The molecular formula is C23H20FN3O4S. The van der Waals surface area contributed by atoms with E-state index in [1.165, 1.54) is 23.5 Å². The van der Waals surface area contributed by atoms with Crippen molar-refractivity contribution < 1.29 is 23.5 Å². The van der Waals surface area contributed by atoms with Crippen LogP contribution < -0.4 is 20.1 Å². The first-order chi connectivity index (χ1) is 15.6. The average Bonchev–Trinajstić information content (AvgIpc) is 3.44. The maximum atomic E-state index is 13.1. The van der Waals surface area contributed by atoms with Gasteiger partial charge in [-0.15, -0.1) is 11.3 Å². The minimum Gasteiger partial charge on any atom is -0.454 e. The van der Waals surface area contributed by atoms with E-state index in [1.54, 1.807) is 30.3 Å². The molecule has 2 amide bonds. The molecular weight excluding hydrogens is 433 g/mol. The van der Waals surface area contributed by atoms with Crippen LogP contribution in [0.4, 0.5) is 9.52 Å². The van der Waals surface area contributed by atoms with Gasteiger partial charge in [0.05, 0.1) is 11.6 Å². The van der Waals surface area contributed by atoms with E-state index in [4.69, 9.17) is 9.47 Å². The smallest absolute Gasteiger partial charge is 0.257 e. The van der Waals surface area contributed by atoms with Crippen molar-refractivity contribution in [3.05, 3.63) is 70.0 Å². The molecule has 3 aromatic rings. The first-order valence-corrected chi connectivity index (χ1v) is 11.1. The van der Waals surface area contributed by atoms with Gasteiger partial charge in [0.2, 0.25) is 12.7 Å². The zero-order valence-corrected chi connectivity index (χ0v) is 17.8. The highest BCUT2D eigenvalue weighted by Gasteiger charge is 2.30. The topological polar surface area (TPSA) is 89.6 Å². The van der Waals surface area contributed by atoms with Crippen LogP contribution in [0.25, 0.3) is 0 Å². The van der Waals surface area contributed by atoms with Gasteiger partial charge in [-0.05, 0) is 55.2 Å². The number of carbonyl (C=O) groups excluding carboxylic acids is 2. The Morgan fingerprint density at radius 3 is 2.78 bits per heavy atom. The third kappa shape index (κ3) is 4.16. The maximum absolute atomic E-state index is 13.1. The normalized spacial score (nSPS) is 16.3. The molecule has 0 spiro atoms. The summed E-state index contributed by atoms with van der Waals surface area (Å²) in [5.41, 5.74) is 1.99. The van der Waals surface area contributed by atoms with Gasteiger partial charge in [0, 0.05) is 17.0 Å². The van der Waals surface area contributed by atoms with E-state index in [0.29, 0.717) is 35.2 Å². The molecule has 1 aliphatic heterocycles. The molecule has 2 aliphatic rings. The highest BCUT2D eigenvalue weighted by molar-refractivity contribution is 7.16. The van der Waals surface area contributed by atoms with Gasteiger partial charge < -0.3 is 14.8 Å². The fourth-order valence-electron chi connectivity index (χ4n) is 3.85. The van der Waals surface area contributed by atoms with Crippen molar-refractivity contribution in [2.75, 3.05) is 12.1 Å². The predicted octanol–water partition coefficient (Wildman–Crippen LogP) is 4.00. The molecule has 1 atom stereocenters. The summed E-state index contributed by atoms with van der Waals surface area (Å²) in [5, 5.41) is 6.22. The van der Waals surface area contributed by atoms with E-state index >= 15 is 0 Å². The molecule has 1 aliphatic carbocycles. The van der Waals surface area contributed by atoms with Crippen molar-refractivity contribution >= 4 is 28.3 Å². The second kappa shape index (κ2) is 8.58. The van der Waals surface area contributed by atoms with Crippen molar-refractivity contribution in [3.63, 3.8) is 0 Å². The molecule has 0 saturated carbocycles. The van der Waals surface area contributed by atoms with Gasteiger partial charge in [0.25, 0.3) is 5.91 Å². The Labute approximate surface area is 187 Å². The van der Waals surface area contributed by atoms with Gasteiger partial charge in [-0.1, -0.05) is 12.1 Å². The SMILES string of the molecule is O=C(Nc1nc2c(s1)CCC[C@@H]2C(=O)NCc1ccc(F)cc1)c1ccc2c(c1)OCO2. The van der Waals surface area contributed by atoms with Crippen LogP contribution in [0, 0.1) is 5.82 Å². The Bertz CT molecular complexity index is 1180. The highest BCUT2D eigenvalue weighted by Crippen LogP contribution is 2.37. The molecule has 0 fully saturated rings. The van der Waals surface area contributed by atoms with Crippen LogP contribution in [-0.4, -0.2) is 23.6 Å². The van der Waals surface area contributed by atoms with Crippen molar-refractivity contribution in [1.29, 1.82) is 0 Å².